The molecule has 0 radical (unpaired) electrons. The largest absolute Gasteiger partial charge is 0.454 e. The van der Waals surface area contributed by atoms with Crippen molar-refractivity contribution in [1.82, 2.24) is 0 Å². The zero-order chi connectivity index (χ0) is 12.0. The van der Waals surface area contributed by atoms with Gasteiger partial charge in [0.1, 0.15) is 5.58 Å². The summed E-state index contributed by atoms with van der Waals surface area (Å²) in [6.45, 7) is 0. The first-order chi connectivity index (χ1) is 8.16. The average molecular weight is 281 g/mol. The summed E-state index contributed by atoms with van der Waals surface area (Å²) in [6, 6.07) is 11.0. The summed E-state index contributed by atoms with van der Waals surface area (Å²) in [6.07, 6.45) is 0. The molecule has 0 spiro atoms. The minimum absolute atomic E-state index is 0.476. The van der Waals surface area contributed by atoms with Crippen molar-refractivity contribution in [2.75, 3.05) is 0 Å². The molecule has 0 saturated carbocycles. The highest BCUT2D eigenvalue weighted by molar-refractivity contribution is 7.72. The number of hydrogen-bond acceptors (Lipinski definition) is 2. The van der Waals surface area contributed by atoms with Crippen LogP contribution in [0.3, 0.4) is 0 Å². The second-order valence-corrected chi connectivity index (χ2v) is 4.94. The van der Waals surface area contributed by atoms with Crippen LogP contribution in [-0.2, 0) is 0 Å². The Hall–Kier alpha value is -1.09. The number of rotatable bonds is 0. The van der Waals surface area contributed by atoms with Gasteiger partial charge in [-0.3, -0.25) is 0 Å². The van der Waals surface area contributed by atoms with Crippen molar-refractivity contribution in [1.29, 1.82) is 0 Å². The van der Waals surface area contributed by atoms with Crippen LogP contribution in [0.4, 0.5) is 0 Å². The smallest absolute Gasteiger partial charge is 0.154 e. The number of hydrogen-bond donors (Lipinski definition) is 0. The number of benzene rings is 2. The van der Waals surface area contributed by atoms with Gasteiger partial charge in [0.15, 0.2) is 5.58 Å². The van der Waals surface area contributed by atoms with Gasteiger partial charge in [-0.1, -0.05) is 47.6 Å². The van der Waals surface area contributed by atoms with Crippen LogP contribution in [0.5, 0.6) is 0 Å². The molecule has 4 heteroatoms. The van der Waals surface area contributed by atoms with Crippen LogP contribution >= 0.6 is 35.4 Å². The summed E-state index contributed by atoms with van der Waals surface area (Å²) in [4.78, 5) is 0. The third-order valence-corrected chi connectivity index (χ3v) is 3.54. The lowest BCUT2D eigenvalue weighted by molar-refractivity contribution is 0.660. The Morgan fingerprint density at radius 3 is 2.59 bits per heavy atom. The standard InChI is InChI=1S/C13H6Cl2OS/c14-7-5-9-12(10(15)6-7)16-11-4-2-1-3-8(11)13(9)17/h1-6H. The minimum atomic E-state index is 0.476. The van der Waals surface area contributed by atoms with Gasteiger partial charge in [0.25, 0.3) is 0 Å². The molecule has 1 heterocycles. The topological polar surface area (TPSA) is 13.1 Å². The lowest BCUT2D eigenvalue weighted by atomic mass is 10.1. The second-order valence-electron chi connectivity index (χ2n) is 3.69. The van der Waals surface area contributed by atoms with Gasteiger partial charge in [-0.15, -0.1) is 0 Å². The lowest BCUT2D eigenvalue weighted by Crippen LogP contribution is -1.80. The van der Waals surface area contributed by atoms with E-state index in [4.69, 9.17) is 39.8 Å². The monoisotopic (exact) mass is 280 g/mol. The van der Waals surface area contributed by atoms with Crippen molar-refractivity contribution in [2.24, 2.45) is 0 Å². The van der Waals surface area contributed by atoms with E-state index in [1.807, 2.05) is 24.3 Å². The Kier molecular flexibility index (Phi) is 2.58. The van der Waals surface area contributed by atoms with Crippen molar-refractivity contribution in [3.8, 4) is 0 Å². The van der Waals surface area contributed by atoms with Gasteiger partial charge in [-0.05, 0) is 24.3 Å². The zero-order valence-electron chi connectivity index (χ0n) is 8.54. The normalized spacial score (nSPS) is 11.2. The lowest BCUT2D eigenvalue weighted by Gasteiger charge is -2.04. The maximum atomic E-state index is 6.11. The fourth-order valence-electron chi connectivity index (χ4n) is 1.83. The van der Waals surface area contributed by atoms with Gasteiger partial charge < -0.3 is 4.42 Å². The van der Waals surface area contributed by atoms with Crippen molar-refractivity contribution in [3.05, 3.63) is 51.0 Å². The van der Waals surface area contributed by atoms with Crippen LogP contribution in [0.1, 0.15) is 0 Å². The SMILES string of the molecule is S=c1c2ccccc2oc2c(Cl)cc(Cl)cc12. The van der Waals surface area contributed by atoms with Gasteiger partial charge in [-0.25, -0.2) is 0 Å². The Labute approximate surface area is 113 Å². The maximum Gasteiger partial charge on any atom is 0.154 e. The summed E-state index contributed by atoms with van der Waals surface area (Å²) in [5.41, 5.74) is 1.31. The number of para-hydroxylation sites is 1. The van der Waals surface area contributed by atoms with E-state index < -0.39 is 0 Å². The first-order valence-electron chi connectivity index (χ1n) is 4.97. The third kappa shape index (κ3) is 1.73. The molecule has 0 unspecified atom stereocenters. The van der Waals surface area contributed by atoms with Gasteiger partial charge in [0, 0.05) is 15.8 Å². The predicted molar refractivity (Wildman–Crippen MR) is 74.6 cm³/mol. The van der Waals surface area contributed by atoms with Crippen LogP contribution in [0, 0.1) is 4.51 Å². The molecule has 2 aromatic carbocycles. The predicted octanol–water partition coefficient (Wildman–Crippen LogP) is 5.62. The third-order valence-electron chi connectivity index (χ3n) is 2.60. The van der Waals surface area contributed by atoms with Crippen LogP contribution in [-0.4, -0.2) is 0 Å². The molecule has 1 aromatic heterocycles. The van der Waals surface area contributed by atoms with E-state index >= 15 is 0 Å². The molecule has 0 aliphatic rings. The zero-order valence-corrected chi connectivity index (χ0v) is 10.9. The van der Waals surface area contributed by atoms with Crippen LogP contribution in [0.25, 0.3) is 21.9 Å². The van der Waals surface area contributed by atoms with Crippen LogP contribution in [0.15, 0.2) is 40.8 Å². The molecule has 0 bridgehead atoms. The van der Waals surface area contributed by atoms with E-state index in [9.17, 15) is 0 Å². The Morgan fingerprint density at radius 2 is 1.76 bits per heavy atom. The highest BCUT2D eigenvalue weighted by Gasteiger charge is 2.08. The van der Waals surface area contributed by atoms with Crippen molar-refractivity contribution in [3.63, 3.8) is 0 Å². The van der Waals surface area contributed by atoms with Crippen molar-refractivity contribution < 1.29 is 4.42 Å². The summed E-state index contributed by atoms with van der Waals surface area (Å²) >= 11 is 17.5. The average Bonchev–Trinajstić information content (AvgIpc) is 2.31. The van der Waals surface area contributed by atoms with Crippen LogP contribution < -0.4 is 0 Å². The quantitative estimate of drug-likeness (QED) is 0.391. The van der Waals surface area contributed by atoms with E-state index in [1.54, 1.807) is 12.1 Å². The fourth-order valence-corrected chi connectivity index (χ4v) is 2.68. The van der Waals surface area contributed by atoms with Gasteiger partial charge >= 0.3 is 0 Å². The molecule has 1 nitrogen and oxygen atoms in total. The van der Waals surface area contributed by atoms with Crippen molar-refractivity contribution >= 4 is 57.4 Å². The summed E-state index contributed by atoms with van der Waals surface area (Å²) < 4.78 is 6.47. The molecular weight excluding hydrogens is 275 g/mol. The summed E-state index contributed by atoms with van der Waals surface area (Å²) in [5.74, 6) is 0. The fraction of sp³-hybridized carbons (Fsp3) is 0. The molecule has 3 rings (SSSR count). The molecule has 0 amide bonds. The van der Waals surface area contributed by atoms with Gasteiger partial charge in [0.2, 0.25) is 0 Å². The van der Waals surface area contributed by atoms with E-state index in [0.29, 0.717) is 20.1 Å². The number of fused-ring (bicyclic) bond motifs is 2. The molecule has 84 valence electrons. The molecule has 0 N–H and O–H groups in total. The van der Waals surface area contributed by atoms with E-state index in [0.717, 1.165) is 16.4 Å². The van der Waals surface area contributed by atoms with Gasteiger partial charge in [0.05, 0.1) is 9.53 Å². The highest BCUT2D eigenvalue weighted by Crippen LogP contribution is 2.32. The Bertz CT molecular complexity index is 792. The second kappa shape index (κ2) is 3.98. The number of halogens is 2. The van der Waals surface area contributed by atoms with Crippen molar-refractivity contribution in [2.45, 2.75) is 0 Å². The first kappa shape index (κ1) is 11.0. The van der Waals surface area contributed by atoms with Crippen LogP contribution in [0.2, 0.25) is 10.0 Å². The summed E-state index contributed by atoms with van der Waals surface area (Å²) in [5, 5.41) is 2.70. The van der Waals surface area contributed by atoms with Gasteiger partial charge in [-0.2, -0.15) is 0 Å². The summed E-state index contributed by atoms with van der Waals surface area (Å²) in [7, 11) is 0. The Balaban J connectivity index is 2.64. The molecule has 0 aliphatic carbocycles. The molecule has 3 aromatic rings. The van der Waals surface area contributed by atoms with E-state index in [2.05, 4.69) is 0 Å². The molecular formula is C13H6Cl2OS. The highest BCUT2D eigenvalue weighted by atomic mass is 35.5. The molecule has 17 heavy (non-hydrogen) atoms. The molecule has 0 fully saturated rings. The first-order valence-corrected chi connectivity index (χ1v) is 6.14. The Morgan fingerprint density at radius 1 is 1.00 bits per heavy atom. The maximum absolute atomic E-state index is 6.11. The minimum Gasteiger partial charge on any atom is -0.454 e. The van der Waals surface area contributed by atoms with E-state index in [-0.39, 0.29) is 0 Å². The molecule has 0 atom stereocenters. The molecule has 0 saturated heterocycles. The molecule has 0 aliphatic heterocycles. The van der Waals surface area contributed by atoms with E-state index in [1.165, 1.54) is 0 Å².